The number of hydrogen-bond acceptors (Lipinski definition) is 4. The van der Waals surface area contributed by atoms with Gasteiger partial charge in [-0.2, -0.15) is 13.2 Å². The summed E-state index contributed by atoms with van der Waals surface area (Å²) in [5.74, 6) is -0.910. The Bertz CT molecular complexity index is 601. The van der Waals surface area contributed by atoms with Crippen LogP contribution in [0.2, 0.25) is 0 Å². The molecule has 120 valence electrons. The SMILES string of the molecule is CSN(c1nc(C(F)(F)F)ncc1Br)C(C)C1=CCCC=C1. The molecule has 1 unspecified atom stereocenters. The summed E-state index contributed by atoms with van der Waals surface area (Å²) in [6, 6.07) is -0.0983. The van der Waals surface area contributed by atoms with Gasteiger partial charge in [0.2, 0.25) is 5.82 Å². The van der Waals surface area contributed by atoms with Crippen LogP contribution in [0.1, 0.15) is 25.6 Å². The summed E-state index contributed by atoms with van der Waals surface area (Å²) in [7, 11) is 0. The van der Waals surface area contributed by atoms with Gasteiger partial charge in [-0.25, -0.2) is 9.97 Å². The first-order chi connectivity index (χ1) is 10.3. The molecule has 0 N–H and O–H groups in total. The largest absolute Gasteiger partial charge is 0.451 e. The second kappa shape index (κ2) is 7.04. The first-order valence-corrected chi connectivity index (χ1v) is 8.61. The van der Waals surface area contributed by atoms with Gasteiger partial charge in [-0.3, -0.25) is 4.31 Å². The zero-order valence-electron chi connectivity index (χ0n) is 12.1. The molecule has 8 heteroatoms. The van der Waals surface area contributed by atoms with Crippen LogP contribution in [0.4, 0.5) is 19.0 Å². The second-order valence-electron chi connectivity index (χ2n) is 4.73. The highest BCUT2D eigenvalue weighted by Crippen LogP contribution is 2.35. The Morgan fingerprint density at radius 1 is 1.36 bits per heavy atom. The van der Waals surface area contributed by atoms with Gasteiger partial charge in [0.15, 0.2) is 5.82 Å². The highest BCUT2D eigenvalue weighted by atomic mass is 79.9. The molecular weight excluding hydrogens is 379 g/mol. The average molecular weight is 394 g/mol. The molecule has 0 radical (unpaired) electrons. The van der Waals surface area contributed by atoms with Crippen molar-refractivity contribution in [3.63, 3.8) is 0 Å². The highest BCUT2D eigenvalue weighted by Gasteiger charge is 2.36. The van der Waals surface area contributed by atoms with E-state index in [1.54, 1.807) is 4.31 Å². The first-order valence-electron chi connectivity index (χ1n) is 6.64. The topological polar surface area (TPSA) is 29.0 Å². The minimum Gasteiger partial charge on any atom is -0.292 e. The van der Waals surface area contributed by atoms with Gasteiger partial charge in [-0.1, -0.05) is 30.2 Å². The second-order valence-corrected chi connectivity index (χ2v) is 6.34. The fourth-order valence-corrected chi connectivity index (χ4v) is 3.41. The van der Waals surface area contributed by atoms with Crippen LogP contribution < -0.4 is 4.31 Å². The van der Waals surface area contributed by atoms with Crippen molar-refractivity contribution in [2.24, 2.45) is 0 Å². The molecule has 0 saturated heterocycles. The van der Waals surface area contributed by atoms with Crippen molar-refractivity contribution >= 4 is 33.7 Å². The van der Waals surface area contributed by atoms with Crippen LogP contribution in [0.25, 0.3) is 0 Å². The Balaban J connectivity index is 2.38. The first kappa shape index (κ1) is 17.3. The Kier molecular flexibility index (Phi) is 5.55. The number of nitrogens with zero attached hydrogens (tertiary/aromatic N) is 3. The third-order valence-electron chi connectivity index (χ3n) is 3.24. The number of halogens is 4. The highest BCUT2D eigenvalue weighted by molar-refractivity contribution is 9.10. The van der Waals surface area contributed by atoms with E-state index >= 15 is 0 Å². The Morgan fingerprint density at radius 3 is 2.64 bits per heavy atom. The van der Waals surface area contributed by atoms with E-state index in [1.807, 2.05) is 19.3 Å². The summed E-state index contributed by atoms with van der Waals surface area (Å²) in [5.41, 5.74) is 1.07. The summed E-state index contributed by atoms with van der Waals surface area (Å²) in [5, 5.41) is 0. The number of allylic oxidation sites excluding steroid dienone is 2. The van der Waals surface area contributed by atoms with E-state index in [2.05, 4.69) is 38.0 Å². The number of hydrogen-bond donors (Lipinski definition) is 0. The third kappa shape index (κ3) is 3.84. The molecule has 1 heterocycles. The summed E-state index contributed by atoms with van der Waals surface area (Å²) in [6.45, 7) is 1.94. The molecule has 0 saturated carbocycles. The van der Waals surface area contributed by atoms with E-state index in [1.165, 1.54) is 11.9 Å². The third-order valence-corrected chi connectivity index (χ3v) is 4.68. The maximum absolute atomic E-state index is 12.8. The van der Waals surface area contributed by atoms with Crippen molar-refractivity contribution in [2.75, 3.05) is 10.6 Å². The van der Waals surface area contributed by atoms with Crippen LogP contribution >= 0.6 is 27.9 Å². The van der Waals surface area contributed by atoms with E-state index in [0.29, 0.717) is 4.47 Å². The van der Waals surface area contributed by atoms with Gasteiger partial charge in [0.05, 0.1) is 10.5 Å². The maximum atomic E-state index is 12.8. The molecule has 3 nitrogen and oxygen atoms in total. The molecule has 1 aromatic heterocycles. The van der Waals surface area contributed by atoms with Crippen molar-refractivity contribution in [1.82, 2.24) is 9.97 Å². The Labute approximate surface area is 140 Å². The molecule has 0 aromatic carbocycles. The molecule has 0 amide bonds. The van der Waals surface area contributed by atoms with Crippen LogP contribution in [0.15, 0.2) is 34.5 Å². The molecule has 0 fully saturated rings. The minimum atomic E-state index is -4.56. The normalized spacial score (nSPS) is 16.4. The molecule has 1 atom stereocenters. The fraction of sp³-hybridized carbons (Fsp3) is 0.429. The minimum absolute atomic E-state index is 0.0983. The van der Waals surface area contributed by atoms with E-state index in [0.717, 1.165) is 24.6 Å². The maximum Gasteiger partial charge on any atom is 0.451 e. The van der Waals surface area contributed by atoms with Crippen LogP contribution in [-0.2, 0) is 6.18 Å². The van der Waals surface area contributed by atoms with Crippen LogP contribution in [-0.4, -0.2) is 22.3 Å². The van der Waals surface area contributed by atoms with Gasteiger partial charge in [0.25, 0.3) is 0 Å². The van der Waals surface area contributed by atoms with Crippen LogP contribution in [0.3, 0.4) is 0 Å². The zero-order valence-corrected chi connectivity index (χ0v) is 14.5. The number of alkyl halides is 3. The van der Waals surface area contributed by atoms with Crippen molar-refractivity contribution in [3.8, 4) is 0 Å². The summed E-state index contributed by atoms with van der Waals surface area (Å²) in [6.07, 6.45) is 6.51. The predicted molar refractivity (Wildman–Crippen MR) is 86.6 cm³/mol. The van der Waals surface area contributed by atoms with Crippen LogP contribution in [0, 0.1) is 0 Å². The predicted octanol–water partition coefficient (Wildman–Crippen LogP) is 5.01. The lowest BCUT2D eigenvalue weighted by Gasteiger charge is -2.30. The number of aromatic nitrogens is 2. The number of anilines is 1. The molecule has 1 aromatic rings. The van der Waals surface area contributed by atoms with Crippen molar-refractivity contribution in [1.29, 1.82) is 0 Å². The van der Waals surface area contributed by atoms with Gasteiger partial charge in [0, 0.05) is 12.5 Å². The van der Waals surface area contributed by atoms with Crippen LogP contribution in [0.5, 0.6) is 0 Å². The summed E-state index contributed by atoms with van der Waals surface area (Å²) >= 11 is 4.58. The van der Waals surface area contributed by atoms with Crippen molar-refractivity contribution in [3.05, 3.63) is 40.3 Å². The average Bonchev–Trinajstić information content (AvgIpc) is 2.49. The molecule has 0 aliphatic heterocycles. The van der Waals surface area contributed by atoms with Gasteiger partial charge in [-0.05, 0) is 41.3 Å². The fourth-order valence-electron chi connectivity index (χ4n) is 2.16. The van der Waals surface area contributed by atoms with E-state index < -0.39 is 12.0 Å². The van der Waals surface area contributed by atoms with Gasteiger partial charge < -0.3 is 0 Å². The van der Waals surface area contributed by atoms with E-state index in [-0.39, 0.29) is 11.9 Å². The zero-order chi connectivity index (χ0) is 16.3. The van der Waals surface area contributed by atoms with Crippen molar-refractivity contribution in [2.45, 2.75) is 32.0 Å². The molecule has 0 bridgehead atoms. The lowest BCUT2D eigenvalue weighted by atomic mass is 10.0. The lowest BCUT2D eigenvalue weighted by Crippen LogP contribution is -2.30. The molecule has 22 heavy (non-hydrogen) atoms. The molecule has 0 spiro atoms. The van der Waals surface area contributed by atoms with Gasteiger partial charge in [-0.15, -0.1) is 0 Å². The Morgan fingerprint density at radius 2 is 2.09 bits per heavy atom. The number of rotatable bonds is 4. The molecule has 1 aliphatic carbocycles. The van der Waals surface area contributed by atoms with Gasteiger partial charge in [0.1, 0.15) is 0 Å². The molecular formula is C14H15BrF3N3S. The molecule has 2 rings (SSSR count). The monoisotopic (exact) mass is 393 g/mol. The Hall–Kier alpha value is -1.02. The smallest absolute Gasteiger partial charge is 0.292 e. The summed E-state index contributed by atoms with van der Waals surface area (Å²) in [4.78, 5) is 7.05. The standard InChI is InChI=1S/C14H15BrF3N3S/c1-9(10-6-4-3-5-7-10)21(22-2)12-11(15)8-19-13(20-12)14(16,17)18/h4,6-9H,3,5H2,1-2H3. The van der Waals surface area contributed by atoms with E-state index in [9.17, 15) is 13.2 Å². The van der Waals surface area contributed by atoms with E-state index in [4.69, 9.17) is 0 Å². The lowest BCUT2D eigenvalue weighted by molar-refractivity contribution is -0.144. The quantitative estimate of drug-likeness (QED) is 0.672. The summed E-state index contributed by atoms with van der Waals surface area (Å²) < 4.78 is 40.7. The van der Waals surface area contributed by atoms with Crippen molar-refractivity contribution < 1.29 is 13.2 Å². The van der Waals surface area contributed by atoms with Gasteiger partial charge >= 0.3 is 6.18 Å². The molecule has 1 aliphatic rings.